The number of aryl methyl sites for hydroxylation is 3. The van der Waals surface area contributed by atoms with Crippen molar-refractivity contribution in [3.63, 3.8) is 0 Å². The normalized spacial score (nSPS) is 11.0. The van der Waals surface area contributed by atoms with Crippen LogP contribution in [0.4, 0.5) is 0 Å². The lowest BCUT2D eigenvalue weighted by Gasteiger charge is -2.06. The van der Waals surface area contributed by atoms with E-state index in [2.05, 4.69) is 31.2 Å². The Morgan fingerprint density at radius 2 is 1.84 bits per heavy atom. The highest BCUT2D eigenvalue weighted by atomic mass is 79.9. The van der Waals surface area contributed by atoms with Crippen LogP contribution in [0.5, 0.6) is 0 Å². The molecule has 0 aliphatic heterocycles. The van der Waals surface area contributed by atoms with E-state index in [1.807, 2.05) is 56.3 Å². The van der Waals surface area contributed by atoms with Crippen LogP contribution in [0, 0.1) is 27.7 Å². The van der Waals surface area contributed by atoms with Gasteiger partial charge >= 0.3 is 5.97 Å². The molecule has 0 unspecified atom stereocenters. The van der Waals surface area contributed by atoms with E-state index in [9.17, 15) is 4.79 Å². The second-order valence-corrected chi connectivity index (χ2v) is 8.19. The minimum atomic E-state index is -0.558. The zero-order valence-corrected chi connectivity index (χ0v) is 19.2. The molecule has 8 heteroatoms. The first-order valence-electron chi connectivity index (χ1n) is 9.73. The van der Waals surface area contributed by atoms with Crippen LogP contribution in [0.1, 0.15) is 38.8 Å². The summed E-state index contributed by atoms with van der Waals surface area (Å²) in [4.78, 5) is 17.1. The third kappa shape index (κ3) is 4.29. The Morgan fingerprint density at radius 1 is 1.10 bits per heavy atom. The first-order chi connectivity index (χ1) is 14.8. The third-order valence-corrected chi connectivity index (χ3v) is 5.89. The predicted octanol–water partition coefficient (Wildman–Crippen LogP) is 5.28. The van der Waals surface area contributed by atoms with Crippen molar-refractivity contribution in [1.29, 1.82) is 0 Å². The van der Waals surface area contributed by atoms with Gasteiger partial charge in [0.05, 0.1) is 11.4 Å². The van der Waals surface area contributed by atoms with E-state index in [4.69, 9.17) is 9.15 Å². The Bertz CT molecular complexity index is 1260. The molecule has 0 aliphatic carbocycles. The molecule has 0 fully saturated rings. The van der Waals surface area contributed by atoms with E-state index >= 15 is 0 Å². The molecule has 0 atom stereocenters. The van der Waals surface area contributed by atoms with Gasteiger partial charge in [0.25, 0.3) is 0 Å². The maximum absolute atomic E-state index is 12.6. The Labute approximate surface area is 188 Å². The number of benzene rings is 2. The maximum Gasteiger partial charge on any atom is 0.361 e. The molecule has 4 rings (SSSR count). The summed E-state index contributed by atoms with van der Waals surface area (Å²) in [6.07, 6.45) is 0. The van der Waals surface area contributed by atoms with Gasteiger partial charge in [-0.15, -0.1) is 5.10 Å². The van der Waals surface area contributed by atoms with Gasteiger partial charge in [-0.3, -0.25) is 0 Å². The van der Waals surface area contributed by atoms with E-state index in [1.165, 1.54) is 0 Å². The summed E-state index contributed by atoms with van der Waals surface area (Å²) in [7, 11) is 0. The number of aromatic nitrogens is 4. The van der Waals surface area contributed by atoms with Crippen molar-refractivity contribution in [2.75, 3.05) is 0 Å². The first-order valence-corrected chi connectivity index (χ1v) is 10.5. The van der Waals surface area contributed by atoms with Crippen LogP contribution in [0.2, 0.25) is 0 Å². The van der Waals surface area contributed by atoms with Crippen LogP contribution in [0.25, 0.3) is 17.1 Å². The molecule has 0 radical (unpaired) electrons. The number of carbonyl (C=O) groups excluding carboxylic acids is 1. The minimum absolute atomic E-state index is 0.0102. The van der Waals surface area contributed by atoms with E-state index in [-0.39, 0.29) is 12.3 Å². The maximum atomic E-state index is 12.6. The summed E-state index contributed by atoms with van der Waals surface area (Å²) >= 11 is 3.48. The van der Waals surface area contributed by atoms with Gasteiger partial charge in [-0.2, -0.15) is 0 Å². The molecule has 0 aliphatic rings. The van der Waals surface area contributed by atoms with Gasteiger partial charge in [0.1, 0.15) is 18.1 Å². The lowest BCUT2D eigenvalue weighted by atomic mass is 10.1. The summed E-state index contributed by atoms with van der Waals surface area (Å²) in [5.74, 6) is 0.544. The van der Waals surface area contributed by atoms with Crippen LogP contribution in [0.3, 0.4) is 0 Å². The Kier molecular flexibility index (Phi) is 5.73. The molecule has 2 aromatic heterocycles. The zero-order valence-electron chi connectivity index (χ0n) is 17.6. The second-order valence-electron chi connectivity index (χ2n) is 7.33. The van der Waals surface area contributed by atoms with Crippen LogP contribution in [-0.2, 0) is 11.3 Å². The highest BCUT2D eigenvalue weighted by Crippen LogP contribution is 2.23. The molecule has 0 saturated heterocycles. The lowest BCUT2D eigenvalue weighted by Crippen LogP contribution is -2.09. The fourth-order valence-electron chi connectivity index (χ4n) is 3.11. The monoisotopic (exact) mass is 480 g/mol. The van der Waals surface area contributed by atoms with Crippen molar-refractivity contribution in [3.8, 4) is 17.1 Å². The molecule has 4 aromatic rings. The average Bonchev–Trinajstić information content (AvgIpc) is 3.31. The molecule has 31 heavy (non-hydrogen) atoms. The molecule has 0 amide bonds. The van der Waals surface area contributed by atoms with Gasteiger partial charge in [-0.1, -0.05) is 38.8 Å². The van der Waals surface area contributed by atoms with E-state index < -0.39 is 5.97 Å². The van der Waals surface area contributed by atoms with Crippen molar-refractivity contribution >= 4 is 21.9 Å². The van der Waals surface area contributed by atoms with Crippen LogP contribution < -0.4 is 0 Å². The highest BCUT2D eigenvalue weighted by Gasteiger charge is 2.21. The van der Waals surface area contributed by atoms with Crippen molar-refractivity contribution in [2.45, 2.75) is 34.3 Å². The number of esters is 1. The van der Waals surface area contributed by atoms with Gasteiger partial charge in [-0.05, 0) is 63.6 Å². The van der Waals surface area contributed by atoms with Crippen LogP contribution in [-0.4, -0.2) is 25.9 Å². The lowest BCUT2D eigenvalue weighted by molar-refractivity contribution is 0.0459. The van der Waals surface area contributed by atoms with Gasteiger partial charge in [0, 0.05) is 10.0 Å². The number of hydrogen-bond acceptors (Lipinski definition) is 6. The number of nitrogens with zero attached hydrogens (tertiary/aromatic N) is 4. The summed E-state index contributed by atoms with van der Waals surface area (Å²) in [5.41, 5.74) is 5.24. The number of rotatable bonds is 5. The largest absolute Gasteiger partial charge is 0.454 e. The predicted molar refractivity (Wildman–Crippen MR) is 119 cm³/mol. The van der Waals surface area contributed by atoms with Crippen LogP contribution >= 0.6 is 15.9 Å². The van der Waals surface area contributed by atoms with E-state index in [0.717, 1.165) is 26.9 Å². The van der Waals surface area contributed by atoms with Crippen molar-refractivity contribution in [2.24, 2.45) is 0 Å². The third-order valence-electron chi connectivity index (χ3n) is 5.01. The Morgan fingerprint density at radius 3 is 2.55 bits per heavy atom. The molecule has 0 spiro atoms. The van der Waals surface area contributed by atoms with E-state index in [0.29, 0.717) is 23.0 Å². The molecule has 0 saturated carbocycles. The number of oxazole rings is 1. The molecule has 158 valence electrons. The summed E-state index contributed by atoms with van der Waals surface area (Å²) < 4.78 is 13.8. The molecule has 0 N–H and O–H groups in total. The molecule has 7 nitrogen and oxygen atoms in total. The van der Waals surface area contributed by atoms with Crippen molar-refractivity contribution in [3.05, 3.63) is 80.9 Å². The highest BCUT2D eigenvalue weighted by molar-refractivity contribution is 9.10. The fraction of sp³-hybridized carbons (Fsp3) is 0.217. The standard InChI is InChI=1S/C23H21BrN4O3/c1-13-5-7-17(8-6-13)22-25-20(16(4)31-22)12-30-23(29)21-15(3)28(27-26-21)18-9-10-19(24)14(2)11-18/h5-11H,12H2,1-4H3. The average molecular weight is 481 g/mol. The SMILES string of the molecule is Cc1ccc(-c2nc(COC(=O)c3nnn(-c4ccc(Br)c(C)c4)c3C)c(C)o2)cc1. The van der Waals surface area contributed by atoms with Crippen molar-refractivity contribution in [1.82, 2.24) is 20.0 Å². The molecular weight excluding hydrogens is 460 g/mol. The number of halogens is 1. The fourth-order valence-corrected chi connectivity index (χ4v) is 3.35. The Hall–Kier alpha value is -3.26. The van der Waals surface area contributed by atoms with Gasteiger partial charge < -0.3 is 9.15 Å². The van der Waals surface area contributed by atoms with Crippen LogP contribution in [0.15, 0.2) is 51.4 Å². The quantitative estimate of drug-likeness (QED) is 0.361. The summed E-state index contributed by atoms with van der Waals surface area (Å²) in [6, 6.07) is 13.7. The van der Waals surface area contributed by atoms with Gasteiger partial charge in [0.15, 0.2) is 5.69 Å². The second kappa shape index (κ2) is 8.47. The number of hydrogen-bond donors (Lipinski definition) is 0. The molecule has 2 heterocycles. The minimum Gasteiger partial charge on any atom is -0.454 e. The topological polar surface area (TPSA) is 83.0 Å². The van der Waals surface area contributed by atoms with Gasteiger partial charge in [0.2, 0.25) is 5.89 Å². The Balaban J connectivity index is 1.49. The molecular formula is C23H21BrN4O3. The molecule has 2 aromatic carbocycles. The van der Waals surface area contributed by atoms with Crippen molar-refractivity contribution < 1.29 is 13.9 Å². The zero-order chi connectivity index (χ0) is 22.1. The molecule has 0 bridgehead atoms. The summed E-state index contributed by atoms with van der Waals surface area (Å²) in [6.45, 7) is 7.57. The number of ether oxygens (including phenoxy) is 1. The number of carbonyl (C=O) groups is 1. The first kappa shape index (κ1) is 21.0. The van der Waals surface area contributed by atoms with E-state index in [1.54, 1.807) is 18.5 Å². The smallest absolute Gasteiger partial charge is 0.361 e. The van der Waals surface area contributed by atoms with Gasteiger partial charge in [-0.25, -0.2) is 14.5 Å². The summed E-state index contributed by atoms with van der Waals surface area (Å²) in [5, 5.41) is 8.14.